The van der Waals surface area contributed by atoms with Crippen LogP contribution in [0.5, 0.6) is 0 Å². The van der Waals surface area contributed by atoms with Crippen molar-refractivity contribution in [2.45, 2.75) is 20.1 Å². The van der Waals surface area contributed by atoms with E-state index in [0.717, 1.165) is 0 Å². The minimum atomic E-state index is -0.299. The summed E-state index contributed by atoms with van der Waals surface area (Å²) in [6.07, 6.45) is 2.16. The van der Waals surface area contributed by atoms with Crippen molar-refractivity contribution in [3.63, 3.8) is 0 Å². The first-order valence-corrected chi connectivity index (χ1v) is 6.58. The van der Waals surface area contributed by atoms with Crippen molar-refractivity contribution in [3.05, 3.63) is 16.8 Å². The van der Waals surface area contributed by atoms with E-state index < -0.39 is 0 Å². The molecule has 0 saturated carbocycles. The molecule has 0 atom stereocenters. The molecule has 0 aliphatic heterocycles. The number of imidazole rings is 1. The average Bonchev–Trinajstić information content (AvgIpc) is 2.76. The van der Waals surface area contributed by atoms with Crippen molar-refractivity contribution < 1.29 is 14.3 Å². The molecule has 0 unspecified atom stereocenters. The highest BCUT2D eigenvalue weighted by Crippen LogP contribution is 2.20. The van der Waals surface area contributed by atoms with E-state index in [2.05, 4.69) is 15.0 Å². The number of nitrogens with zero attached hydrogens (tertiary/aromatic N) is 4. The molecular weight excluding hydrogens is 307 g/mol. The van der Waals surface area contributed by atoms with Crippen molar-refractivity contribution >= 4 is 40.3 Å². The lowest BCUT2D eigenvalue weighted by molar-refractivity contribution is -0.141. The lowest BCUT2D eigenvalue weighted by Gasteiger charge is -2.06. The number of ether oxygens (including phenoxy) is 2. The Kier molecular flexibility index (Phi) is 5.11. The Balaban J connectivity index is 1.89. The van der Waals surface area contributed by atoms with Gasteiger partial charge in [-0.05, 0) is 11.6 Å². The Morgan fingerprint density at radius 2 is 2.15 bits per heavy atom. The third kappa shape index (κ3) is 3.78. The molecule has 7 nitrogen and oxygen atoms in total. The van der Waals surface area contributed by atoms with E-state index in [0.29, 0.717) is 30.8 Å². The summed E-state index contributed by atoms with van der Waals surface area (Å²) in [7, 11) is 0. The molecule has 2 aromatic heterocycles. The number of esters is 1. The Hall–Kier alpha value is -1.44. The number of hydrogen-bond acceptors (Lipinski definition) is 6. The molecule has 0 amide bonds. The summed E-state index contributed by atoms with van der Waals surface area (Å²) < 4.78 is 11.9. The van der Waals surface area contributed by atoms with Crippen LogP contribution in [0.1, 0.15) is 13.3 Å². The van der Waals surface area contributed by atoms with E-state index in [1.807, 2.05) is 0 Å². The summed E-state index contributed by atoms with van der Waals surface area (Å²) in [6, 6.07) is 0. The second kappa shape index (κ2) is 6.83. The molecule has 0 N–H and O–H groups in total. The van der Waals surface area contributed by atoms with Gasteiger partial charge in [-0.15, -0.1) is 0 Å². The van der Waals surface area contributed by atoms with Gasteiger partial charge in [0.15, 0.2) is 10.8 Å². The van der Waals surface area contributed by atoms with Crippen LogP contribution in [-0.4, -0.2) is 38.7 Å². The summed E-state index contributed by atoms with van der Waals surface area (Å²) >= 11 is 11.7. The van der Waals surface area contributed by atoms with Crippen molar-refractivity contribution in [1.82, 2.24) is 19.5 Å². The zero-order valence-electron chi connectivity index (χ0n) is 10.7. The lowest BCUT2D eigenvalue weighted by atomic mass is 10.5. The van der Waals surface area contributed by atoms with Gasteiger partial charge < -0.3 is 9.47 Å². The van der Waals surface area contributed by atoms with Crippen molar-refractivity contribution in [2.75, 3.05) is 13.2 Å². The van der Waals surface area contributed by atoms with Gasteiger partial charge >= 0.3 is 5.97 Å². The summed E-state index contributed by atoms with van der Waals surface area (Å²) in [5.74, 6) is -0.299. The average molecular weight is 319 g/mol. The number of hydrogen-bond donors (Lipinski definition) is 0. The molecule has 9 heteroatoms. The van der Waals surface area contributed by atoms with E-state index in [1.54, 1.807) is 10.9 Å². The van der Waals surface area contributed by atoms with Gasteiger partial charge in [-0.25, -0.2) is 9.97 Å². The molecule has 0 aliphatic rings. The standard InChI is InChI=1S/C11H12Cl2N4O3/c1-7(18)20-4-2-3-19-6-17-5-14-8-9(12)15-11(13)16-10(8)17/h5H,2-4,6H2,1H3. The fourth-order valence-corrected chi connectivity index (χ4v) is 1.94. The predicted molar refractivity (Wildman–Crippen MR) is 72.5 cm³/mol. The first-order valence-electron chi connectivity index (χ1n) is 5.83. The molecular formula is C11H12Cl2N4O3. The van der Waals surface area contributed by atoms with Crippen molar-refractivity contribution in [3.8, 4) is 0 Å². The molecule has 0 spiro atoms. The number of aromatic nitrogens is 4. The predicted octanol–water partition coefficient (Wildman–Crippen LogP) is 2.06. The van der Waals surface area contributed by atoms with Gasteiger partial charge in [0.25, 0.3) is 0 Å². The monoisotopic (exact) mass is 318 g/mol. The van der Waals surface area contributed by atoms with Crippen LogP contribution in [-0.2, 0) is 21.0 Å². The van der Waals surface area contributed by atoms with E-state index in [9.17, 15) is 4.79 Å². The third-order valence-corrected chi connectivity index (χ3v) is 2.80. The van der Waals surface area contributed by atoms with Gasteiger partial charge in [0.05, 0.1) is 19.5 Å². The first kappa shape index (κ1) is 15.0. The van der Waals surface area contributed by atoms with Crippen LogP contribution in [0.3, 0.4) is 0 Å². The van der Waals surface area contributed by atoms with Gasteiger partial charge in [-0.1, -0.05) is 11.6 Å². The summed E-state index contributed by atoms with van der Waals surface area (Å²) in [5.41, 5.74) is 0.981. The summed E-state index contributed by atoms with van der Waals surface area (Å²) in [4.78, 5) is 22.5. The minimum Gasteiger partial charge on any atom is -0.466 e. The van der Waals surface area contributed by atoms with Crippen LogP contribution in [0.2, 0.25) is 10.4 Å². The van der Waals surface area contributed by atoms with Gasteiger partial charge in [0, 0.05) is 13.3 Å². The van der Waals surface area contributed by atoms with Crippen LogP contribution >= 0.6 is 23.2 Å². The summed E-state index contributed by atoms with van der Waals surface area (Å²) in [5, 5.41) is 0.257. The molecule has 20 heavy (non-hydrogen) atoms. The minimum absolute atomic E-state index is 0.0547. The molecule has 0 bridgehead atoms. The van der Waals surface area contributed by atoms with Crippen molar-refractivity contribution in [2.24, 2.45) is 0 Å². The number of carbonyl (C=O) groups excluding carboxylic acids is 1. The maximum atomic E-state index is 10.6. The van der Waals surface area contributed by atoms with Gasteiger partial charge in [0.2, 0.25) is 5.28 Å². The zero-order valence-corrected chi connectivity index (χ0v) is 12.2. The smallest absolute Gasteiger partial charge is 0.302 e. The zero-order chi connectivity index (χ0) is 14.5. The quantitative estimate of drug-likeness (QED) is 0.351. The lowest BCUT2D eigenvalue weighted by Crippen LogP contribution is -2.07. The highest BCUT2D eigenvalue weighted by atomic mass is 35.5. The molecule has 0 aromatic carbocycles. The van der Waals surface area contributed by atoms with E-state index in [-0.39, 0.29) is 23.1 Å². The number of rotatable bonds is 6. The van der Waals surface area contributed by atoms with Crippen LogP contribution < -0.4 is 0 Å². The molecule has 0 radical (unpaired) electrons. The fourth-order valence-electron chi connectivity index (χ4n) is 1.52. The fraction of sp³-hybridized carbons (Fsp3) is 0.455. The van der Waals surface area contributed by atoms with Crippen LogP contribution in [0.15, 0.2) is 6.33 Å². The molecule has 0 saturated heterocycles. The normalized spacial score (nSPS) is 10.9. The highest BCUT2D eigenvalue weighted by Gasteiger charge is 2.10. The van der Waals surface area contributed by atoms with E-state index in [4.69, 9.17) is 32.7 Å². The van der Waals surface area contributed by atoms with Crippen molar-refractivity contribution in [1.29, 1.82) is 0 Å². The van der Waals surface area contributed by atoms with Gasteiger partial charge in [-0.2, -0.15) is 4.98 Å². The van der Waals surface area contributed by atoms with Gasteiger partial charge in [0.1, 0.15) is 12.2 Å². The molecule has 0 aliphatic carbocycles. The third-order valence-electron chi connectivity index (χ3n) is 2.36. The second-order valence-corrected chi connectivity index (χ2v) is 4.60. The molecule has 2 heterocycles. The Bertz CT molecular complexity index is 617. The van der Waals surface area contributed by atoms with Gasteiger partial charge in [-0.3, -0.25) is 9.36 Å². The Morgan fingerprint density at radius 3 is 2.90 bits per heavy atom. The second-order valence-electron chi connectivity index (χ2n) is 3.90. The Labute approximate surface area is 124 Å². The maximum Gasteiger partial charge on any atom is 0.302 e. The largest absolute Gasteiger partial charge is 0.466 e. The van der Waals surface area contributed by atoms with Crippen LogP contribution in [0.25, 0.3) is 11.2 Å². The molecule has 108 valence electrons. The van der Waals surface area contributed by atoms with Crippen LogP contribution in [0.4, 0.5) is 0 Å². The maximum absolute atomic E-state index is 10.6. The molecule has 2 rings (SSSR count). The number of halogens is 2. The SMILES string of the molecule is CC(=O)OCCCOCn1cnc2c(Cl)nc(Cl)nc21. The van der Waals surface area contributed by atoms with E-state index >= 15 is 0 Å². The van der Waals surface area contributed by atoms with Crippen LogP contribution in [0, 0.1) is 0 Å². The molecule has 0 fully saturated rings. The Morgan fingerprint density at radius 1 is 1.35 bits per heavy atom. The topological polar surface area (TPSA) is 79.1 Å². The number of fused-ring (bicyclic) bond motifs is 1. The summed E-state index contributed by atoms with van der Waals surface area (Å²) in [6.45, 7) is 2.39. The molecule has 2 aromatic rings. The first-order chi connectivity index (χ1) is 9.58. The number of carbonyl (C=O) groups is 1. The highest BCUT2D eigenvalue weighted by molar-refractivity contribution is 6.35. The van der Waals surface area contributed by atoms with E-state index in [1.165, 1.54) is 6.92 Å².